The van der Waals surface area contributed by atoms with Crippen LogP contribution in [0.1, 0.15) is 21.8 Å². The summed E-state index contributed by atoms with van der Waals surface area (Å²) < 4.78 is 10.7. The molecule has 1 aliphatic rings. The van der Waals surface area contributed by atoms with Crippen molar-refractivity contribution >= 4 is 5.97 Å². The highest BCUT2D eigenvalue weighted by Crippen LogP contribution is 2.23. The van der Waals surface area contributed by atoms with Crippen LogP contribution in [0.15, 0.2) is 34.9 Å². The molecule has 0 saturated heterocycles. The standard InChI is InChI=1S/C14H14N2O4/c17-14(18)12-7-11(20-15-12)9-16-5-6-19-13-4-2-1-3-10(13)8-16/h1-4,7H,5-6,8-9H2,(H,17,18). The van der Waals surface area contributed by atoms with Gasteiger partial charge in [-0.05, 0) is 6.07 Å². The molecule has 0 atom stereocenters. The summed E-state index contributed by atoms with van der Waals surface area (Å²) in [5.74, 6) is 0.366. The van der Waals surface area contributed by atoms with E-state index in [0.717, 1.165) is 24.4 Å². The fourth-order valence-corrected chi connectivity index (χ4v) is 2.22. The molecule has 1 aromatic carbocycles. The van der Waals surface area contributed by atoms with Crippen LogP contribution in [0, 0.1) is 0 Å². The molecule has 104 valence electrons. The van der Waals surface area contributed by atoms with E-state index in [9.17, 15) is 4.79 Å². The smallest absolute Gasteiger partial charge is 0.358 e. The summed E-state index contributed by atoms with van der Waals surface area (Å²) >= 11 is 0. The Bertz CT molecular complexity index is 623. The number of nitrogens with zero attached hydrogens (tertiary/aromatic N) is 2. The summed E-state index contributed by atoms with van der Waals surface area (Å²) in [4.78, 5) is 12.9. The van der Waals surface area contributed by atoms with Gasteiger partial charge in [-0.3, -0.25) is 4.90 Å². The number of benzene rings is 1. The van der Waals surface area contributed by atoms with Crippen LogP contribution in [-0.2, 0) is 13.1 Å². The number of rotatable bonds is 3. The molecule has 0 saturated carbocycles. The zero-order valence-electron chi connectivity index (χ0n) is 10.8. The van der Waals surface area contributed by atoms with E-state index in [-0.39, 0.29) is 5.69 Å². The van der Waals surface area contributed by atoms with E-state index < -0.39 is 5.97 Å². The number of aromatic carboxylic acids is 1. The number of aromatic nitrogens is 1. The summed E-state index contributed by atoms with van der Waals surface area (Å²) in [6, 6.07) is 9.36. The van der Waals surface area contributed by atoms with Crippen molar-refractivity contribution in [1.82, 2.24) is 10.1 Å². The molecule has 20 heavy (non-hydrogen) atoms. The first-order valence-corrected chi connectivity index (χ1v) is 6.34. The lowest BCUT2D eigenvalue weighted by atomic mass is 10.2. The molecule has 0 amide bonds. The van der Waals surface area contributed by atoms with Crippen LogP contribution < -0.4 is 4.74 Å². The predicted octanol–water partition coefficient (Wildman–Crippen LogP) is 1.77. The Kier molecular flexibility index (Phi) is 3.39. The molecule has 0 fully saturated rings. The van der Waals surface area contributed by atoms with E-state index in [4.69, 9.17) is 14.4 Å². The minimum atomic E-state index is -1.08. The SMILES string of the molecule is O=C(O)c1cc(CN2CCOc3ccccc3C2)on1. The van der Waals surface area contributed by atoms with E-state index in [1.165, 1.54) is 6.07 Å². The van der Waals surface area contributed by atoms with Crippen LogP contribution >= 0.6 is 0 Å². The average Bonchev–Trinajstić information content (AvgIpc) is 2.80. The predicted molar refractivity (Wildman–Crippen MR) is 69.5 cm³/mol. The zero-order chi connectivity index (χ0) is 13.9. The minimum Gasteiger partial charge on any atom is -0.492 e. The number of carboxylic acids is 1. The van der Waals surface area contributed by atoms with Gasteiger partial charge < -0.3 is 14.4 Å². The van der Waals surface area contributed by atoms with E-state index in [0.29, 0.717) is 18.9 Å². The quantitative estimate of drug-likeness (QED) is 0.919. The molecule has 0 spiro atoms. The molecular weight excluding hydrogens is 260 g/mol. The van der Waals surface area contributed by atoms with Gasteiger partial charge in [0.05, 0.1) is 6.54 Å². The van der Waals surface area contributed by atoms with Gasteiger partial charge in [-0.25, -0.2) is 4.79 Å². The summed E-state index contributed by atoms with van der Waals surface area (Å²) in [5.41, 5.74) is 1.05. The van der Waals surface area contributed by atoms with Gasteiger partial charge in [0.2, 0.25) is 0 Å². The van der Waals surface area contributed by atoms with Crippen molar-refractivity contribution < 1.29 is 19.2 Å². The molecule has 1 N–H and O–H groups in total. The molecule has 1 aliphatic heterocycles. The van der Waals surface area contributed by atoms with E-state index >= 15 is 0 Å². The molecule has 2 heterocycles. The van der Waals surface area contributed by atoms with Gasteiger partial charge in [0.1, 0.15) is 12.4 Å². The average molecular weight is 274 g/mol. The monoisotopic (exact) mass is 274 g/mol. The lowest BCUT2D eigenvalue weighted by molar-refractivity contribution is 0.0685. The van der Waals surface area contributed by atoms with Crippen LogP contribution in [0.4, 0.5) is 0 Å². The normalized spacial score (nSPS) is 15.2. The number of para-hydroxylation sites is 1. The number of carboxylic acid groups (broad SMARTS) is 1. The number of carbonyl (C=O) groups is 1. The number of ether oxygens (including phenoxy) is 1. The molecule has 6 nitrogen and oxygen atoms in total. The maximum absolute atomic E-state index is 10.8. The van der Waals surface area contributed by atoms with Crippen molar-refractivity contribution in [3.05, 3.63) is 47.3 Å². The third-order valence-electron chi connectivity index (χ3n) is 3.19. The maximum Gasteiger partial charge on any atom is 0.358 e. The maximum atomic E-state index is 10.8. The molecular formula is C14H14N2O4. The van der Waals surface area contributed by atoms with Crippen LogP contribution in [-0.4, -0.2) is 34.3 Å². The fourth-order valence-electron chi connectivity index (χ4n) is 2.22. The summed E-state index contributed by atoms with van der Waals surface area (Å²) in [5, 5.41) is 12.3. The Balaban J connectivity index is 1.73. The van der Waals surface area contributed by atoms with Crippen molar-refractivity contribution in [1.29, 1.82) is 0 Å². The Morgan fingerprint density at radius 3 is 3.05 bits per heavy atom. The van der Waals surface area contributed by atoms with Crippen molar-refractivity contribution in [2.75, 3.05) is 13.2 Å². The van der Waals surface area contributed by atoms with Crippen molar-refractivity contribution in [3.63, 3.8) is 0 Å². The highest BCUT2D eigenvalue weighted by Gasteiger charge is 2.18. The van der Waals surface area contributed by atoms with E-state index in [2.05, 4.69) is 10.1 Å². The van der Waals surface area contributed by atoms with Crippen LogP contribution in [0.25, 0.3) is 0 Å². The minimum absolute atomic E-state index is 0.0635. The van der Waals surface area contributed by atoms with Gasteiger partial charge in [-0.1, -0.05) is 23.4 Å². The Labute approximate surface area is 115 Å². The topological polar surface area (TPSA) is 75.8 Å². The molecule has 0 aliphatic carbocycles. The van der Waals surface area contributed by atoms with Crippen molar-refractivity contribution in [2.24, 2.45) is 0 Å². The second kappa shape index (κ2) is 5.34. The Hall–Kier alpha value is -2.34. The molecule has 1 aromatic heterocycles. The first-order chi connectivity index (χ1) is 9.72. The zero-order valence-corrected chi connectivity index (χ0v) is 10.8. The molecule has 3 rings (SSSR count). The van der Waals surface area contributed by atoms with Gasteiger partial charge in [-0.2, -0.15) is 0 Å². The second-order valence-electron chi connectivity index (χ2n) is 4.65. The highest BCUT2D eigenvalue weighted by atomic mass is 16.5. The first kappa shape index (κ1) is 12.7. The number of fused-ring (bicyclic) bond motifs is 1. The third kappa shape index (κ3) is 2.65. The van der Waals surface area contributed by atoms with E-state index in [1.807, 2.05) is 24.3 Å². The lowest BCUT2D eigenvalue weighted by Crippen LogP contribution is -2.25. The highest BCUT2D eigenvalue weighted by molar-refractivity contribution is 5.85. The largest absolute Gasteiger partial charge is 0.492 e. The Morgan fingerprint density at radius 2 is 2.25 bits per heavy atom. The van der Waals surface area contributed by atoms with Crippen molar-refractivity contribution in [2.45, 2.75) is 13.1 Å². The molecule has 0 unspecified atom stereocenters. The molecule has 6 heteroatoms. The van der Waals surface area contributed by atoms with Crippen LogP contribution in [0.5, 0.6) is 5.75 Å². The number of hydrogen-bond donors (Lipinski definition) is 1. The molecule has 0 bridgehead atoms. The van der Waals surface area contributed by atoms with Crippen LogP contribution in [0.3, 0.4) is 0 Å². The fraction of sp³-hybridized carbons (Fsp3) is 0.286. The van der Waals surface area contributed by atoms with Crippen molar-refractivity contribution in [3.8, 4) is 5.75 Å². The number of hydrogen-bond acceptors (Lipinski definition) is 5. The summed E-state index contributed by atoms with van der Waals surface area (Å²) in [6.07, 6.45) is 0. The van der Waals surface area contributed by atoms with Gasteiger partial charge in [0.25, 0.3) is 0 Å². The van der Waals surface area contributed by atoms with Crippen LogP contribution in [0.2, 0.25) is 0 Å². The lowest BCUT2D eigenvalue weighted by Gasteiger charge is -2.17. The van der Waals surface area contributed by atoms with Gasteiger partial charge in [0.15, 0.2) is 11.5 Å². The summed E-state index contributed by atoms with van der Waals surface area (Å²) in [7, 11) is 0. The molecule has 2 aromatic rings. The first-order valence-electron chi connectivity index (χ1n) is 6.34. The van der Waals surface area contributed by atoms with Gasteiger partial charge >= 0.3 is 5.97 Å². The molecule has 0 radical (unpaired) electrons. The van der Waals surface area contributed by atoms with E-state index in [1.54, 1.807) is 0 Å². The van der Waals surface area contributed by atoms with Gasteiger partial charge in [0, 0.05) is 24.7 Å². The second-order valence-corrected chi connectivity index (χ2v) is 4.65. The van der Waals surface area contributed by atoms with Gasteiger partial charge in [-0.15, -0.1) is 0 Å². The third-order valence-corrected chi connectivity index (χ3v) is 3.19. The Morgan fingerprint density at radius 1 is 1.40 bits per heavy atom. The summed E-state index contributed by atoms with van der Waals surface area (Å²) in [6.45, 7) is 2.59.